The van der Waals surface area contributed by atoms with Crippen LogP contribution in [0, 0.1) is 5.82 Å². The number of carbonyl (C=O) groups is 2. The molecule has 3 aromatic carbocycles. The Morgan fingerprint density at radius 3 is 2.31 bits per heavy atom. The summed E-state index contributed by atoms with van der Waals surface area (Å²) in [6.45, 7) is 0.157. The topological polar surface area (TPSA) is 57.6 Å². The maximum Gasteiger partial charge on any atom is 0.313 e. The number of carbonyl (C=O) groups excluding carboxylic acids is 1. The summed E-state index contributed by atoms with van der Waals surface area (Å²) in [5.74, 6) is -2.59. The Morgan fingerprint density at radius 1 is 1.00 bits per heavy atom. The molecular weight excluding hydrogens is 393 g/mol. The summed E-state index contributed by atoms with van der Waals surface area (Å²) < 4.78 is 13.3. The van der Waals surface area contributed by atoms with E-state index in [1.165, 1.54) is 17.0 Å². The van der Waals surface area contributed by atoms with E-state index in [0.29, 0.717) is 27.3 Å². The van der Waals surface area contributed by atoms with Gasteiger partial charge in [0.25, 0.3) is 5.91 Å². The summed E-state index contributed by atoms with van der Waals surface area (Å²) in [5, 5.41) is 10.6. The monoisotopic (exact) mass is 409 g/mol. The van der Waals surface area contributed by atoms with E-state index in [1.807, 2.05) is 0 Å². The highest BCUT2D eigenvalue weighted by atomic mass is 35.5. The van der Waals surface area contributed by atoms with Gasteiger partial charge in [0.15, 0.2) is 0 Å². The molecule has 1 aliphatic rings. The SMILES string of the molecule is O=C(O)C1c2ccccc2C(=O)N(Cc2ccc(F)cc2)C1c1ccc(Cl)cc1. The van der Waals surface area contributed by atoms with Gasteiger partial charge in [0.05, 0.1) is 6.04 Å². The molecule has 4 nitrogen and oxygen atoms in total. The third-order valence-corrected chi connectivity index (χ3v) is 5.43. The molecule has 1 N–H and O–H groups in total. The number of hydrogen-bond acceptors (Lipinski definition) is 2. The lowest BCUT2D eigenvalue weighted by Gasteiger charge is -2.41. The van der Waals surface area contributed by atoms with Crippen molar-refractivity contribution in [3.05, 3.63) is 106 Å². The molecule has 0 spiro atoms. The summed E-state index contributed by atoms with van der Waals surface area (Å²) in [7, 11) is 0. The van der Waals surface area contributed by atoms with Crippen LogP contribution >= 0.6 is 11.6 Å². The van der Waals surface area contributed by atoms with E-state index in [4.69, 9.17) is 11.6 Å². The van der Waals surface area contributed by atoms with Crippen molar-refractivity contribution in [2.75, 3.05) is 0 Å². The van der Waals surface area contributed by atoms with Gasteiger partial charge < -0.3 is 10.0 Å². The summed E-state index contributed by atoms with van der Waals surface area (Å²) in [6.07, 6.45) is 0. The number of carboxylic acid groups (broad SMARTS) is 1. The molecule has 1 aliphatic heterocycles. The zero-order chi connectivity index (χ0) is 20.5. The zero-order valence-corrected chi connectivity index (χ0v) is 16.0. The number of benzene rings is 3. The minimum Gasteiger partial charge on any atom is -0.481 e. The molecule has 2 unspecified atom stereocenters. The fraction of sp³-hybridized carbons (Fsp3) is 0.130. The van der Waals surface area contributed by atoms with Crippen LogP contribution in [0.5, 0.6) is 0 Å². The Morgan fingerprint density at radius 2 is 1.66 bits per heavy atom. The smallest absolute Gasteiger partial charge is 0.313 e. The van der Waals surface area contributed by atoms with Crippen molar-refractivity contribution in [1.29, 1.82) is 0 Å². The number of aliphatic carboxylic acids is 1. The lowest BCUT2D eigenvalue weighted by Crippen LogP contribution is -2.44. The number of nitrogens with zero attached hydrogens (tertiary/aromatic N) is 1. The van der Waals surface area contributed by atoms with Crippen LogP contribution in [0.15, 0.2) is 72.8 Å². The molecule has 146 valence electrons. The molecule has 0 radical (unpaired) electrons. The number of fused-ring (bicyclic) bond motifs is 1. The maximum atomic E-state index is 13.3. The summed E-state index contributed by atoms with van der Waals surface area (Å²) >= 11 is 6.01. The first-order chi connectivity index (χ1) is 14.0. The van der Waals surface area contributed by atoms with Crippen molar-refractivity contribution in [3.63, 3.8) is 0 Å². The Bertz CT molecular complexity index is 1070. The summed E-state index contributed by atoms with van der Waals surface area (Å²) in [4.78, 5) is 27.2. The van der Waals surface area contributed by atoms with E-state index >= 15 is 0 Å². The van der Waals surface area contributed by atoms with Crippen LogP contribution in [-0.4, -0.2) is 21.9 Å². The highest BCUT2D eigenvalue weighted by molar-refractivity contribution is 6.30. The van der Waals surface area contributed by atoms with Crippen molar-refractivity contribution < 1.29 is 19.1 Å². The third-order valence-electron chi connectivity index (χ3n) is 5.18. The van der Waals surface area contributed by atoms with Crippen LogP contribution in [0.2, 0.25) is 5.02 Å². The van der Waals surface area contributed by atoms with Gasteiger partial charge >= 0.3 is 5.97 Å². The van der Waals surface area contributed by atoms with Crippen molar-refractivity contribution in [1.82, 2.24) is 4.90 Å². The normalized spacial score (nSPS) is 18.4. The quantitative estimate of drug-likeness (QED) is 0.656. The van der Waals surface area contributed by atoms with Gasteiger partial charge in [-0.25, -0.2) is 4.39 Å². The highest BCUT2D eigenvalue weighted by Gasteiger charge is 2.44. The second kappa shape index (κ2) is 7.68. The second-order valence-corrected chi connectivity index (χ2v) is 7.40. The number of amides is 1. The Kier molecular flexibility index (Phi) is 5.07. The average molecular weight is 410 g/mol. The van der Waals surface area contributed by atoms with E-state index in [2.05, 4.69) is 0 Å². The van der Waals surface area contributed by atoms with Gasteiger partial charge in [0, 0.05) is 17.1 Å². The van der Waals surface area contributed by atoms with Crippen molar-refractivity contribution >= 4 is 23.5 Å². The van der Waals surface area contributed by atoms with E-state index in [0.717, 1.165) is 0 Å². The van der Waals surface area contributed by atoms with Crippen molar-refractivity contribution in [3.8, 4) is 0 Å². The van der Waals surface area contributed by atoms with Gasteiger partial charge in [-0.2, -0.15) is 0 Å². The molecule has 0 fully saturated rings. The molecule has 1 heterocycles. The predicted molar refractivity (Wildman–Crippen MR) is 107 cm³/mol. The van der Waals surface area contributed by atoms with Gasteiger partial charge in [-0.15, -0.1) is 0 Å². The van der Waals surface area contributed by atoms with E-state index < -0.39 is 17.9 Å². The summed E-state index contributed by atoms with van der Waals surface area (Å²) in [5.41, 5.74) is 2.24. The van der Waals surface area contributed by atoms with Crippen LogP contribution in [0.1, 0.15) is 39.0 Å². The van der Waals surface area contributed by atoms with Crippen molar-refractivity contribution in [2.45, 2.75) is 18.5 Å². The second-order valence-electron chi connectivity index (χ2n) is 6.96. The van der Waals surface area contributed by atoms with Gasteiger partial charge in [0.2, 0.25) is 0 Å². The van der Waals surface area contributed by atoms with Crippen LogP contribution in [0.25, 0.3) is 0 Å². The largest absolute Gasteiger partial charge is 0.481 e. The van der Waals surface area contributed by atoms with Crippen molar-refractivity contribution in [2.24, 2.45) is 0 Å². The predicted octanol–water partition coefficient (Wildman–Crippen LogP) is 5.04. The number of carboxylic acids is 1. The Balaban J connectivity index is 1.87. The first-order valence-corrected chi connectivity index (χ1v) is 9.46. The van der Waals surface area contributed by atoms with Crippen LogP contribution in [0.4, 0.5) is 4.39 Å². The number of hydrogen-bond donors (Lipinski definition) is 1. The Labute approximate surface area is 172 Å². The highest BCUT2D eigenvalue weighted by Crippen LogP contribution is 2.43. The molecule has 6 heteroatoms. The third kappa shape index (κ3) is 3.61. The molecule has 29 heavy (non-hydrogen) atoms. The molecule has 1 amide bonds. The number of rotatable bonds is 4. The molecule has 0 saturated carbocycles. The molecule has 4 rings (SSSR count). The van der Waals surface area contributed by atoms with E-state index in [-0.39, 0.29) is 18.3 Å². The minimum atomic E-state index is -1.02. The first kappa shape index (κ1) is 19.2. The van der Waals surface area contributed by atoms with Gasteiger partial charge in [-0.1, -0.05) is 54.1 Å². The fourth-order valence-electron chi connectivity index (χ4n) is 3.85. The minimum absolute atomic E-state index is 0.157. The average Bonchev–Trinajstić information content (AvgIpc) is 2.72. The van der Waals surface area contributed by atoms with Crippen LogP contribution < -0.4 is 0 Å². The van der Waals surface area contributed by atoms with Crippen LogP contribution in [0.3, 0.4) is 0 Å². The number of halogens is 2. The van der Waals surface area contributed by atoms with E-state index in [1.54, 1.807) is 60.7 Å². The maximum absolute atomic E-state index is 13.3. The summed E-state index contributed by atoms with van der Waals surface area (Å²) in [6, 6.07) is 18.7. The molecular formula is C23H17ClFNO3. The van der Waals surface area contributed by atoms with Crippen LogP contribution in [-0.2, 0) is 11.3 Å². The Hall–Kier alpha value is -3.18. The van der Waals surface area contributed by atoms with Gasteiger partial charge in [0.1, 0.15) is 11.7 Å². The lowest BCUT2D eigenvalue weighted by atomic mass is 9.79. The molecule has 0 aliphatic carbocycles. The fourth-order valence-corrected chi connectivity index (χ4v) is 3.98. The lowest BCUT2D eigenvalue weighted by molar-refractivity contribution is -0.140. The first-order valence-electron chi connectivity index (χ1n) is 9.08. The van der Waals surface area contributed by atoms with E-state index in [9.17, 15) is 19.1 Å². The zero-order valence-electron chi connectivity index (χ0n) is 15.3. The molecule has 0 bridgehead atoms. The molecule has 0 saturated heterocycles. The molecule has 3 aromatic rings. The van der Waals surface area contributed by atoms with Gasteiger partial charge in [-0.3, -0.25) is 9.59 Å². The molecule has 2 atom stereocenters. The van der Waals surface area contributed by atoms with Gasteiger partial charge in [-0.05, 0) is 47.0 Å². The molecule has 0 aromatic heterocycles. The standard InChI is InChI=1S/C23H17ClFNO3/c24-16-9-7-15(8-10-16)21-20(23(28)29)18-3-1-2-4-19(18)22(27)26(21)13-14-5-11-17(25)12-6-14/h1-12,20-21H,13H2,(H,28,29).